The van der Waals surface area contributed by atoms with Gasteiger partial charge in [-0.2, -0.15) is 0 Å². The predicted molar refractivity (Wildman–Crippen MR) is 70.9 cm³/mol. The third kappa shape index (κ3) is 1.78. The Morgan fingerprint density at radius 2 is 1.94 bits per heavy atom. The number of aromatic nitrogens is 1. The van der Waals surface area contributed by atoms with Gasteiger partial charge in [0.15, 0.2) is 5.69 Å². The van der Waals surface area contributed by atoms with Crippen molar-refractivity contribution in [2.24, 2.45) is 0 Å². The summed E-state index contributed by atoms with van der Waals surface area (Å²) in [5.74, 6) is 0. The molecule has 0 atom stereocenters. The Balaban J connectivity index is 2.29. The molecule has 0 radical (unpaired) electrons. The molecular weight excluding hydrogens is 208 g/mol. The number of nitrogens with one attached hydrogen (secondary N) is 1. The fourth-order valence-corrected chi connectivity index (χ4v) is 2.83. The first-order valence-electron chi connectivity index (χ1n) is 6.48. The van der Waals surface area contributed by atoms with Gasteiger partial charge in [0.1, 0.15) is 0 Å². The van der Waals surface area contributed by atoms with Crippen LogP contribution in [0, 0.1) is 6.92 Å². The van der Waals surface area contributed by atoms with Gasteiger partial charge in [0.25, 0.3) is 0 Å². The minimum Gasteiger partial charge on any atom is -0.398 e. The summed E-state index contributed by atoms with van der Waals surface area (Å²) in [5, 5.41) is 1.19. The van der Waals surface area contributed by atoms with Crippen LogP contribution >= 0.6 is 0 Å². The maximum Gasteiger partial charge on any atom is 0.213 e. The largest absolute Gasteiger partial charge is 0.398 e. The minimum atomic E-state index is 0.999. The molecule has 0 fully saturated rings. The highest BCUT2D eigenvalue weighted by Crippen LogP contribution is 2.28. The van der Waals surface area contributed by atoms with Crippen molar-refractivity contribution in [2.75, 3.05) is 5.73 Å². The highest BCUT2D eigenvalue weighted by Gasteiger charge is 2.20. The summed E-state index contributed by atoms with van der Waals surface area (Å²) in [6.45, 7) is 2.12. The quantitative estimate of drug-likeness (QED) is 0.691. The maximum atomic E-state index is 6.36. The molecular formula is C15H19N2+. The summed E-state index contributed by atoms with van der Waals surface area (Å²) in [5.41, 5.74) is 12.5. The molecule has 1 aliphatic rings. The molecule has 3 rings (SSSR count). The molecule has 2 aromatic rings. The van der Waals surface area contributed by atoms with Crippen molar-refractivity contribution in [2.45, 2.75) is 39.0 Å². The molecule has 1 aliphatic carbocycles. The molecule has 17 heavy (non-hydrogen) atoms. The van der Waals surface area contributed by atoms with E-state index in [4.69, 9.17) is 5.73 Å². The van der Waals surface area contributed by atoms with E-state index in [-0.39, 0.29) is 0 Å². The first-order chi connectivity index (χ1) is 8.25. The van der Waals surface area contributed by atoms with Gasteiger partial charge in [-0.3, -0.25) is 0 Å². The number of nitrogens with two attached hydrogens (primary N) is 1. The Morgan fingerprint density at radius 1 is 1.12 bits per heavy atom. The van der Waals surface area contributed by atoms with Gasteiger partial charge < -0.3 is 5.73 Å². The van der Waals surface area contributed by atoms with Crippen molar-refractivity contribution in [1.82, 2.24) is 0 Å². The number of aromatic amines is 1. The molecule has 0 spiro atoms. The Hall–Kier alpha value is -1.57. The molecule has 1 aromatic heterocycles. The van der Waals surface area contributed by atoms with Crippen LogP contribution in [-0.4, -0.2) is 0 Å². The lowest BCUT2D eigenvalue weighted by atomic mass is 10.0. The predicted octanol–water partition coefficient (Wildman–Crippen LogP) is 2.81. The van der Waals surface area contributed by atoms with Gasteiger partial charge >= 0.3 is 0 Å². The fourth-order valence-electron chi connectivity index (χ4n) is 2.83. The van der Waals surface area contributed by atoms with Gasteiger partial charge in [-0.1, -0.05) is 12.5 Å². The van der Waals surface area contributed by atoms with Crippen LogP contribution in [0.4, 0.5) is 5.69 Å². The summed E-state index contributed by atoms with van der Waals surface area (Å²) in [7, 11) is 0. The number of nitrogen functional groups attached to an aromatic ring is 1. The van der Waals surface area contributed by atoms with Crippen LogP contribution < -0.4 is 10.7 Å². The highest BCUT2D eigenvalue weighted by molar-refractivity contribution is 5.90. The first-order valence-corrected chi connectivity index (χ1v) is 6.48. The molecule has 2 heteroatoms. The van der Waals surface area contributed by atoms with E-state index in [0.29, 0.717) is 0 Å². The van der Waals surface area contributed by atoms with Crippen molar-refractivity contribution >= 4 is 16.6 Å². The number of anilines is 1. The molecule has 1 heterocycles. The monoisotopic (exact) mass is 227 g/mol. The van der Waals surface area contributed by atoms with Gasteiger partial charge in [0.05, 0.1) is 11.1 Å². The number of aryl methyl sites for hydroxylation is 2. The summed E-state index contributed by atoms with van der Waals surface area (Å²) in [4.78, 5) is 3.58. The number of pyridine rings is 1. The molecule has 0 saturated carbocycles. The topological polar surface area (TPSA) is 40.2 Å². The van der Waals surface area contributed by atoms with E-state index >= 15 is 0 Å². The summed E-state index contributed by atoms with van der Waals surface area (Å²) in [6, 6.07) is 6.47. The number of rotatable bonds is 0. The van der Waals surface area contributed by atoms with E-state index < -0.39 is 0 Å². The SMILES string of the molecule is Cc1ccc2[nH+]c3c(c(N)c2c1)CCCCC3. The van der Waals surface area contributed by atoms with Crippen molar-refractivity contribution < 1.29 is 4.98 Å². The Bertz CT molecular complexity index is 573. The maximum absolute atomic E-state index is 6.36. The van der Waals surface area contributed by atoms with E-state index in [9.17, 15) is 0 Å². The highest BCUT2D eigenvalue weighted by atomic mass is 14.7. The van der Waals surface area contributed by atoms with Gasteiger partial charge in [-0.15, -0.1) is 0 Å². The number of fused-ring (bicyclic) bond motifs is 2. The Labute approximate surface area is 102 Å². The van der Waals surface area contributed by atoms with Gasteiger partial charge in [-0.05, 0) is 37.8 Å². The van der Waals surface area contributed by atoms with Crippen LogP contribution in [0.5, 0.6) is 0 Å². The van der Waals surface area contributed by atoms with E-state index in [1.54, 1.807) is 0 Å². The zero-order valence-electron chi connectivity index (χ0n) is 10.3. The van der Waals surface area contributed by atoms with E-state index in [1.807, 2.05) is 0 Å². The molecule has 0 bridgehead atoms. The molecule has 1 aromatic carbocycles. The van der Waals surface area contributed by atoms with E-state index in [2.05, 4.69) is 30.1 Å². The first kappa shape index (κ1) is 10.6. The molecule has 0 aliphatic heterocycles. The third-order valence-electron chi connectivity index (χ3n) is 3.79. The summed E-state index contributed by atoms with van der Waals surface area (Å²) in [6.07, 6.45) is 6.13. The smallest absolute Gasteiger partial charge is 0.213 e. The van der Waals surface area contributed by atoms with Crippen molar-refractivity contribution in [3.05, 3.63) is 35.0 Å². The lowest BCUT2D eigenvalue weighted by Crippen LogP contribution is -2.17. The minimum absolute atomic E-state index is 0.999. The van der Waals surface area contributed by atoms with Crippen molar-refractivity contribution in [1.29, 1.82) is 0 Å². The second-order valence-corrected chi connectivity index (χ2v) is 5.11. The van der Waals surface area contributed by atoms with Gasteiger partial charge in [-0.25, -0.2) is 4.98 Å². The molecule has 0 saturated heterocycles. The van der Waals surface area contributed by atoms with Crippen molar-refractivity contribution in [3.63, 3.8) is 0 Å². The molecule has 88 valence electrons. The van der Waals surface area contributed by atoms with Crippen molar-refractivity contribution in [3.8, 4) is 0 Å². The Kier molecular flexibility index (Phi) is 2.50. The normalized spacial score (nSPS) is 15.6. The number of H-pyrrole nitrogens is 1. The standard InChI is InChI=1S/C15H18N2/c1-10-7-8-14-12(9-10)15(16)11-5-3-2-4-6-13(11)17-14/h7-9H,2-6H2,1H3,(H2,16,17)/p+1. The van der Waals surface area contributed by atoms with Crippen LogP contribution in [0.3, 0.4) is 0 Å². The summed E-state index contributed by atoms with van der Waals surface area (Å²) < 4.78 is 0. The third-order valence-corrected chi connectivity index (χ3v) is 3.79. The van der Waals surface area contributed by atoms with Crippen LogP contribution in [0.15, 0.2) is 18.2 Å². The second kappa shape index (κ2) is 4.02. The lowest BCUT2D eigenvalue weighted by molar-refractivity contribution is -0.358. The average molecular weight is 227 g/mol. The second-order valence-electron chi connectivity index (χ2n) is 5.11. The number of benzene rings is 1. The van der Waals surface area contributed by atoms with E-state index in [0.717, 1.165) is 18.5 Å². The average Bonchev–Trinajstić information content (AvgIpc) is 2.56. The lowest BCUT2D eigenvalue weighted by Gasteiger charge is -2.07. The zero-order valence-corrected chi connectivity index (χ0v) is 10.3. The Morgan fingerprint density at radius 3 is 2.82 bits per heavy atom. The van der Waals surface area contributed by atoms with E-state index in [1.165, 1.54) is 47.0 Å². The van der Waals surface area contributed by atoms with Gasteiger partial charge in [0.2, 0.25) is 5.52 Å². The zero-order chi connectivity index (χ0) is 11.8. The van der Waals surface area contributed by atoms with Crippen LogP contribution in [0.1, 0.15) is 36.1 Å². The molecule has 2 nitrogen and oxygen atoms in total. The van der Waals surface area contributed by atoms with Crippen LogP contribution in [0.25, 0.3) is 10.9 Å². The molecule has 0 unspecified atom stereocenters. The number of hydrogen-bond acceptors (Lipinski definition) is 1. The fraction of sp³-hybridized carbons (Fsp3) is 0.400. The molecule has 3 N–H and O–H groups in total. The molecule has 0 amide bonds. The van der Waals surface area contributed by atoms with Crippen LogP contribution in [-0.2, 0) is 12.8 Å². The van der Waals surface area contributed by atoms with Crippen LogP contribution in [0.2, 0.25) is 0 Å². The van der Waals surface area contributed by atoms with Gasteiger partial charge in [0, 0.05) is 18.1 Å². The summed E-state index contributed by atoms with van der Waals surface area (Å²) >= 11 is 0. The number of hydrogen-bond donors (Lipinski definition) is 1.